The van der Waals surface area contributed by atoms with Crippen LogP contribution in [0.5, 0.6) is 0 Å². The molecule has 8 heteroatoms. The number of anilines is 1. The lowest BCUT2D eigenvalue weighted by atomic mass is 10.0. The second-order valence-corrected chi connectivity index (χ2v) is 7.93. The number of piperazine rings is 1. The summed E-state index contributed by atoms with van der Waals surface area (Å²) in [7, 11) is 0. The zero-order valence-electron chi connectivity index (χ0n) is 18.1. The van der Waals surface area contributed by atoms with Gasteiger partial charge in [-0.05, 0) is 12.0 Å². The minimum absolute atomic E-state index is 0.0847. The van der Waals surface area contributed by atoms with Crippen LogP contribution in [0.15, 0.2) is 24.3 Å². The zero-order chi connectivity index (χ0) is 21.8. The highest BCUT2D eigenvalue weighted by Crippen LogP contribution is 2.28. The Labute approximate surface area is 177 Å². The second kappa shape index (κ2) is 9.19. The van der Waals surface area contributed by atoms with Gasteiger partial charge in [0.1, 0.15) is 11.6 Å². The lowest BCUT2D eigenvalue weighted by molar-refractivity contribution is -0.384. The summed E-state index contributed by atoms with van der Waals surface area (Å²) in [4.78, 5) is 36.1. The number of hydrogen-bond acceptors (Lipinski definition) is 6. The first-order valence-corrected chi connectivity index (χ1v) is 10.4. The van der Waals surface area contributed by atoms with Crippen molar-refractivity contribution < 1.29 is 9.72 Å². The second-order valence-electron chi connectivity index (χ2n) is 7.93. The van der Waals surface area contributed by atoms with Gasteiger partial charge in [-0.25, -0.2) is 9.97 Å². The third kappa shape index (κ3) is 4.75. The smallest absolute Gasteiger partial charge is 0.269 e. The van der Waals surface area contributed by atoms with Crippen molar-refractivity contribution in [1.29, 1.82) is 0 Å². The predicted octanol–water partition coefficient (Wildman–Crippen LogP) is 3.33. The highest BCUT2D eigenvalue weighted by molar-refractivity contribution is 5.73. The number of rotatable bonds is 6. The average Bonchev–Trinajstić information content (AvgIpc) is 2.74. The van der Waals surface area contributed by atoms with Gasteiger partial charge in [0.05, 0.1) is 4.92 Å². The molecule has 1 aromatic carbocycles. The summed E-state index contributed by atoms with van der Waals surface area (Å²) >= 11 is 0. The van der Waals surface area contributed by atoms with Crippen LogP contribution < -0.4 is 4.90 Å². The molecule has 0 aliphatic carbocycles. The van der Waals surface area contributed by atoms with Crippen molar-refractivity contribution in [1.82, 2.24) is 14.9 Å². The molecule has 0 radical (unpaired) electrons. The Morgan fingerprint density at radius 2 is 1.77 bits per heavy atom. The van der Waals surface area contributed by atoms with Crippen molar-refractivity contribution in [2.24, 2.45) is 0 Å². The number of hydrogen-bond donors (Lipinski definition) is 0. The number of amides is 1. The van der Waals surface area contributed by atoms with E-state index in [1.807, 2.05) is 4.90 Å². The van der Waals surface area contributed by atoms with E-state index in [9.17, 15) is 14.9 Å². The van der Waals surface area contributed by atoms with Crippen LogP contribution in [0.3, 0.4) is 0 Å². The number of carbonyl (C=O) groups excluding carboxylic acids is 1. The first-order valence-electron chi connectivity index (χ1n) is 10.4. The van der Waals surface area contributed by atoms with Crippen LogP contribution in [-0.2, 0) is 17.6 Å². The Hall–Kier alpha value is -3.03. The minimum atomic E-state index is -0.387. The molecule has 0 unspecified atom stereocenters. The molecule has 0 bridgehead atoms. The van der Waals surface area contributed by atoms with Crippen LogP contribution in [-0.4, -0.2) is 51.9 Å². The molecular weight excluding hydrogens is 382 g/mol. The molecule has 8 nitrogen and oxygen atoms in total. The van der Waals surface area contributed by atoms with E-state index >= 15 is 0 Å². The van der Waals surface area contributed by atoms with Crippen LogP contribution in [0.2, 0.25) is 0 Å². The molecule has 1 saturated heterocycles. The number of nitrogens with zero attached hydrogens (tertiary/aromatic N) is 5. The highest BCUT2D eigenvalue weighted by Gasteiger charge is 2.25. The zero-order valence-corrected chi connectivity index (χ0v) is 18.1. The molecular formula is C22H29N5O3. The van der Waals surface area contributed by atoms with E-state index in [1.165, 1.54) is 12.1 Å². The first-order chi connectivity index (χ1) is 14.3. The van der Waals surface area contributed by atoms with E-state index in [1.54, 1.807) is 19.1 Å². The number of non-ortho nitro benzene ring substituents is 1. The van der Waals surface area contributed by atoms with Crippen LogP contribution in [0.4, 0.5) is 11.5 Å². The molecule has 0 saturated carbocycles. The molecule has 0 atom stereocenters. The van der Waals surface area contributed by atoms with E-state index in [4.69, 9.17) is 9.97 Å². The third-order valence-electron chi connectivity index (χ3n) is 5.49. The summed E-state index contributed by atoms with van der Waals surface area (Å²) in [5.41, 5.74) is 3.14. The maximum Gasteiger partial charge on any atom is 0.269 e. The topological polar surface area (TPSA) is 92.5 Å². The summed E-state index contributed by atoms with van der Waals surface area (Å²) in [6, 6.07) is 6.67. The van der Waals surface area contributed by atoms with Crippen LogP contribution >= 0.6 is 0 Å². The van der Waals surface area contributed by atoms with Gasteiger partial charge in [-0.3, -0.25) is 14.9 Å². The van der Waals surface area contributed by atoms with Crippen LogP contribution in [0.25, 0.3) is 0 Å². The molecule has 0 N–H and O–H groups in total. The van der Waals surface area contributed by atoms with Crippen LogP contribution in [0, 0.1) is 10.1 Å². The van der Waals surface area contributed by atoms with E-state index in [0.717, 1.165) is 48.0 Å². The summed E-state index contributed by atoms with van der Waals surface area (Å²) in [5.74, 6) is 2.05. The van der Waals surface area contributed by atoms with Gasteiger partial charge in [0.25, 0.3) is 5.69 Å². The van der Waals surface area contributed by atoms with Crippen molar-refractivity contribution in [2.45, 2.75) is 46.5 Å². The molecule has 2 aromatic rings. The Kier molecular flexibility index (Phi) is 6.64. The molecule has 1 aliphatic rings. The number of nitro groups is 1. The van der Waals surface area contributed by atoms with Gasteiger partial charge in [0.2, 0.25) is 5.91 Å². The highest BCUT2D eigenvalue weighted by atomic mass is 16.6. The van der Waals surface area contributed by atoms with Gasteiger partial charge < -0.3 is 9.80 Å². The summed E-state index contributed by atoms with van der Waals surface area (Å²) in [6.07, 6.45) is 1.40. The van der Waals surface area contributed by atoms with Crippen molar-refractivity contribution in [3.63, 3.8) is 0 Å². The van der Waals surface area contributed by atoms with Crippen molar-refractivity contribution >= 4 is 17.4 Å². The number of carbonyl (C=O) groups is 1. The SMILES string of the molecule is CCc1nc(C(C)C)nc(N2CCN(C(C)=O)CC2)c1Cc1ccc([N+](=O)[O-])cc1. The average molecular weight is 412 g/mol. The molecule has 0 spiro atoms. The Bertz CT molecular complexity index is 919. The standard InChI is InChI=1S/C22H29N5O3/c1-5-20-19(14-17-6-8-18(9-7-17)27(29)30)22(24-21(23-20)15(2)3)26-12-10-25(11-13-26)16(4)28/h6-9,15H,5,10-14H2,1-4H3. The predicted molar refractivity (Wildman–Crippen MR) is 116 cm³/mol. The molecule has 1 amide bonds. The quantitative estimate of drug-likeness (QED) is 0.535. The minimum Gasteiger partial charge on any atom is -0.353 e. The summed E-state index contributed by atoms with van der Waals surface area (Å²) < 4.78 is 0. The first kappa shape index (κ1) is 21.7. The number of nitro benzene ring substituents is 1. The van der Waals surface area contributed by atoms with Crippen molar-refractivity contribution in [2.75, 3.05) is 31.1 Å². The normalized spacial score (nSPS) is 14.3. The Morgan fingerprint density at radius 3 is 2.27 bits per heavy atom. The van der Waals surface area contributed by atoms with E-state index in [0.29, 0.717) is 19.5 Å². The monoisotopic (exact) mass is 411 g/mol. The van der Waals surface area contributed by atoms with Gasteiger partial charge in [0.15, 0.2) is 0 Å². The van der Waals surface area contributed by atoms with Gasteiger partial charge in [-0.1, -0.05) is 32.9 Å². The molecule has 1 fully saturated rings. The third-order valence-corrected chi connectivity index (χ3v) is 5.49. The van der Waals surface area contributed by atoms with Gasteiger partial charge in [0, 0.05) is 68.8 Å². The van der Waals surface area contributed by atoms with Gasteiger partial charge >= 0.3 is 0 Å². The van der Waals surface area contributed by atoms with E-state index < -0.39 is 0 Å². The lowest BCUT2D eigenvalue weighted by Crippen LogP contribution is -2.48. The molecule has 3 rings (SSSR count). The number of aromatic nitrogens is 2. The molecule has 30 heavy (non-hydrogen) atoms. The largest absolute Gasteiger partial charge is 0.353 e. The Morgan fingerprint density at radius 1 is 1.13 bits per heavy atom. The maximum absolute atomic E-state index is 11.7. The van der Waals surface area contributed by atoms with Crippen molar-refractivity contribution in [3.8, 4) is 0 Å². The molecule has 1 aromatic heterocycles. The summed E-state index contributed by atoms with van der Waals surface area (Å²) in [5, 5.41) is 11.0. The number of benzene rings is 1. The van der Waals surface area contributed by atoms with Gasteiger partial charge in [-0.2, -0.15) is 0 Å². The van der Waals surface area contributed by atoms with Gasteiger partial charge in [-0.15, -0.1) is 0 Å². The summed E-state index contributed by atoms with van der Waals surface area (Å²) in [6.45, 7) is 10.7. The lowest BCUT2D eigenvalue weighted by Gasteiger charge is -2.36. The van der Waals surface area contributed by atoms with Crippen molar-refractivity contribution in [3.05, 3.63) is 57.0 Å². The molecule has 160 valence electrons. The Balaban J connectivity index is 1.97. The fourth-order valence-corrected chi connectivity index (χ4v) is 3.70. The molecule has 2 heterocycles. The van der Waals surface area contributed by atoms with Crippen LogP contribution in [0.1, 0.15) is 56.3 Å². The number of aryl methyl sites for hydroxylation is 1. The van der Waals surface area contributed by atoms with E-state index in [-0.39, 0.29) is 22.4 Å². The fraction of sp³-hybridized carbons (Fsp3) is 0.500. The molecule has 1 aliphatic heterocycles. The maximum atomic E-state index is 11.7. The van der Waals surface area contributed by atoms with E-state index in [2.05, 4.69) is 25.7 Å². The fourth-order valence-electron chi connectivity index (χ4n) is 3.70.